The van der Waals surface area contributed by atoms with Crippen molar-refractivity contribution in [2.75, 3.05) is 13.1 Å². The highest BCUT2D eigenvalue weighted by Crippen LogP contribution is 2.38. The monoisotopic (exact) mass is 277 g/mol. The zero-order valence-corrected chi connectivity index (χ0v) is 9.44. The largest absolute Gasteiger partial charge is 0.506 e. The molecule has 2 nitrogen and oxygen atoms in total. The van der Waals surface area contributed by atoms with Crippen LogP contribution in [-0.4, -0.2) is 18.2 Å². The fourth-order valence-corrected chi connectivity index (χ4v) is 2.29. The van der Waals surface area contributed by atoms with Crippen molar-refractivity contribution in [2.24, 2.45) is 0 Å². The maximum atomic E-state index is 13.5. The molecule has 5 heteroatoms. The van der Waals surface area contributed by atoms with E-state index in [9.17, 15) is 13.9 Å². The Kier molecular flexibility index (Phi) is 2.93. The molecule has 1 saturated heterocycles. The summed E-state index contributed by atoms with van der Waals surface area (Å²) in [6.45, 7) is 1.33. The van der Waals surface area contributed by atoms with Gasteiger partial charge in [0, 0.05) is 18.0 Å². The van der Waals surface area contributed by atoms with Crippen molar-refractivity contribution in [3.63, 3.8) is 0 Å². The van der Waals surface area contributed by atoms with E-state index < -0.39 is 11.6 Å². The lowest BCUT2D eigenvalue weighted by Crippen LogP contribution is -2.10. The minimum absolute atomic E-state index is 0.0758. The summed E-state index contributed by atoms with van der Waals surface area (Å²) in [5, 5.41) is 12.7. The Morgan fingerprint density at radius 1 is 1.47 bits per heavy atom. The first kappa shape index (κ1) is 10.8. The fourth-order valence-electron chi connectivity index (χ4n) is 1.88. The summed E-state index contributed by atoms with van der Waals surface area (Å²) in [6, 6.07) is 0.941. The predicted octanol–water partition coefficient (Wildman–Crippen LogP) is 2.51. The van der Waals surface area contributed by atoms with Gasteiger partial charge < -0.3 is 10.4 Å². The van der Waals surface area contributed by atoms with Gasteiger partial charge >= 0.3 is 0 Å². The topological polar surface area (TPSA) is 32.3 Å². The molecule has 1 aromatic carbocycles. The van der Waals surface area contributed by atoms with Crippen LogP contribution in [0.25, 0.3) is 0 Å². The maximum absolute atomic E-state index is 13.5. The van der Waals surface area contributed by atoms with Crippen LogP contribution in [0.1, 0.15) is 17.9 Å². The molecule has 2 N–H and O–H groups in total. The smallest absolute Gasteiger partial charge is 0.166 e. The Hall–Kier alpha value is -0.680. The first-order valence-corrected chi connectivity index (χ1v) is 5.47. The van der Waals surface area contributed by atoms with Crippen LogP contribution in [0.2, 0.25) is 0 Å². The number of phenols is 1. The summed E-state index contributed by atoms with van der Waals surface area (Å²) < 4.78 is 26.8. The number of hydrogen-bond acceptors (Lipinski definition) is 2. The average Bonchev–Trinajstić information content (AvgIpc) is 2.69. The Bertz CT molecular complexity index is 365. The Labute approximate surface area is 94.4 Å². The van der Waals surface area contributed by atoms with E-state index in [0.717, 1.165) is 12.6 Å². The number of phenolic OH excluding ortho intramolecular Hbond substituents is 1. The third-order valence-corrected chi connectivity index (χ3v) is 3.25. The SMILES string of the molecule is Oc1c(Br)cc(F)c(F)c1C1CCNC1. The van der Waals surface area contributed by atoms with Gasteiger partial charge in [-0.05, 0) is 35.0 Å². The zero-order valence-electron chi connectivity index (χ0n) is 7.86. The molecule has 1 heterocycles. The molecule has 15 heavy (non-hydrogen) atoms. The minimum Gasteiger partial charge on any atom is -0.506 e. The van der Waals surface area contributed by atoms with E-state index in [1.165, 1.54) is 0 Å². The standard InChI is InChI=1S/C10H10BrF2NO/c11-6-3-7(12)9(13)8(10(6)15)5-1-2-14-4-5/h3,5,14-15H,1-2,4H2. The van der Waals surface area contributed by atoms with E-state index in [-0.39, 0.29) is 21.7 Å². The second kappa shape index (κ2) is 4.06. The van der Waals surface area contributed by atoms with E-state index in [4.69, 9.17) is 0 Å². The second-order valence-electron chi connectivity index (χ2n) is 3.61. The van der Waals surface area contributed by atoms with Gasteiger partial charge in [0.1, 0.15) is 5.75 Å². The van der Waals surface area contributed by atoms with E-state index in [1.54, 1.807) is 0 Å². The summed E-state index contributed by atoms with van der Waals surface area (Å²) in [4.78, 5) is 0. The van der Waals surface area contributed by atoms with Crippen LogP contribution in [0.15, 0.2) is 10.5 Å². The quantitative estimate of drug-likeness (QED) is 0.774. The summed E-state index contributed by atoms with van der Waals surface area (Å²) in [7, 11) is 0. The van der Waals surface area contributed by atoms with Crippen molar-refractivity contribution in [1.29, 1.82) is 0 Å². The molecule has 0 aromatic heterocycles. The van der Waals surface area contributed by atoms with Crippen molar-refractivity contribution in [1.82, 2.24) is 5.32 Å². The highest BCUT2D eigenvalue weighted by atomic mass is 79.9. The molecule has 1 atom stereocenters. The lowest BCUT2D eigenvalue weighted by atomic mass is 9.96. The van der Waals surface area contributed by atoms with Gasteiger partial charge in [0.2, 0.25) is 0 Å². The lowest BCUT2D eigenvalue weighted by molar-refractivity contribution is 0.429. The Balaban J connectivity index is 2.52. The highest BCUT2D eigenvalue weighted by Gasteiger charge is 2.26. The van der Waals surface area contributed by atoms with Gasteiger partial charge in [0.25, 0.3) is 0 Å². The lowest BCUT2D eigenvalue weighted by Gasteiger charge is -2.13. The molecular formula is C10H10BrF2NO. The normalized spacial score (nSPS) is 20.9. The van der Waals surface area contributed by atoms with Crippen LogP contribution in [0.3, 0.4) is 0 Å². The van der Waals surface area contributed by atoms with Crippen LogP contribution < -0.4 is 5.32 Å². The molecule has 0 aliphatic carbocycles. The number of hydrogen-bond donors (Lipinski definition) is 2. The van der Waals surface area contributed by atoms with E-state index in [1.807, 2.05) is 0 Å². The third kappa shape index (κ3) is 1.86. The number of benzene rings is 1. The van der Waals surface area contributed by atoms with E-state index in [2.05, 4.69) is 21.2 Å². The second-order valence-corrected chi connectivity index (χ2v) is 4.46. The van der Waals surface area contributed by atoms with Gasteiger partial charge in [-0.25, -0.2) is 8.78 Å². The van der Waals surface area contributed by atoms with Crippen LogP contribution in [0, 0.1) is 11.6 Å². The molecule has 1 fully saturated rings. The minimum atomic E-state index is -0.940. The van der Waals surface area contributed by atoms with Crippen LogP contribution in [0.5, 0.6) is 5.75 Å². The van der Waals surface area contributed by atoms with E-state index >= 15 is 0 Å². The van der Waals surface area contributed by atoms with Crippen molar-refractivity contribution in [3.8, 4) is 5.75 Å². The number of rotatable bonds is 1. The fraction of sp³-hybridized carbons (Fsp3) is 0.400. The zero-order chi connectivity index (χ0) is 11.0. The van der Waals surface area contributed by atoms with Crippen molar-refractivity contribution < 1.29 is 13.9 Å². The van der Waals surface area contributed by atoms with Gasteiger partial charge in [0.05, 0.1) is 4.47 Å². The molecular weight excluding hydrogens is 268 g/mol. The van der Waals surface area contributed by atoms with Crippen molar-refractivity contribution in [2.45, 2.75) is 12.3 Å². The molecule has 0 radical (unpaired) electrons. The number of nitrogens with one attached hydrogen (secondary N) is 1. The summed E-state index contributed by atoms with van der Waals surface area (Å²) in [6.07, 6.45) is 0.709. The summed E-state index contributed by atoms with van der Waals surface area (Å²) in [5.74, 6) is -2.22. The highest BCUT2D eigenvalue weighted by molar-refractivity contribution is 9.10. The van der Waals surface area contributed by atoms with Gasteiger partial charge in [-0.15, -0.1) is 0 Å². The first-order valence-electron chi connectivity index (χ1n) is 4.68. The number of halogens is 3. The molecule has 1 aliphatic rings. The van der Waals surface area contributed by atoms with Crippen LogP contribution in [-0.2, 0) is 0 Å². The molecule has 0 amide bonds. The molecule has 2 rings (SSSR count). The predicted molar refractivity (Wildman–Crippen MR) is 56.0 cm³/mol. The van der Waals surface area contributed by atoms with Crippen molar-refractivity contribution in [3.05, 3.63) is 27.7 Å². The third-order valence-electron chi connectivity index (χ3n) is 2.65. The van der Waals surface area contributed by atoms with Gasteiger partial charge in [-0.2, -0.15) is 0 Å². The molecule has 0 saturated carbocycles. The van der Waals surface area contributed by atoms with Gasteiger partial charge in [-0.1, -0.05) is 0 Å². The molecule has 1 aromatic rings. The molecule has 0 bridgehead atoms. The van der Waals surface area contributed by atoms with Crippen molar-refractivity contribution >= 4 is 15.9 Å². The Morgan fingerprint density at radius 2 is 2.20 bits per heavy atom. The summed E-state index contributed by atoms with van der Waals surface area (Å²) in [5.41, 5.74) is 0.0758. The maximum Gasteiger partial charge on any atom is 0.166 e. The van der Waals surface area contributed by atoms with Crippen LogP contribution in [0.4, 0.5) is 8.78 Å². The molecule has 0 spiro atoms. The average molecular weight is 278 g/mol. The van der Waals surface area contributed by atoms with E-state index in [0.29, 0.717) is 13.0 Å². The Morgan fingerprint density at radius 3 is 2.80 bits per heavy atom. The van der Waals surface area contributed by atoms with Crippen LogP contribution >= 0.6 is 15.9 Å². The number of aromatic hydroxyl groups is 1. The van der Waals surface area contributed by atoms with Gasteiger partial charge in [0.15, 0.2) is 11.6 Å². The first-order chi connectivity index (χ1) is 7.11. The summed E-state index contributed by atoms with van der Waals surface area (Å²) >= 11 is 3.00. The molecule has 1 aliphatic heterocycles. The van der Waals surface area contributed by atoms with Gasteiger partial charge in [-0.3, -0.25) is 0 Å². The molecule has 82 valence electrons. The molecule has 1 unspecified atom stereocenters.